The van der Waals surface area contributed by atoms with Crippen molar-refractivity contribution >= 4 is 33.6 Å². The van der Waals surface area contributed by atoms with Crippen LogP contribution in [0.25, 0.3) is 0 Å². The number of anilines is 1. The van der Waals surface area contributed by atoms with Gasteiger partial charge in [0.15, 0.2) is 0 Å². The smallest absolute Gasteiger partial charge is 0.322 e. The highest BCUT2D eigenvalue weighted by Gasteiger charge is 2.38. The first kappa shape index (κ1) is 15.3. The van der Waals surface area contributed by atoms with E-state index in [1.807, 2.05) is 6.07 Å². The number of amides is 2. The van der Waals surface area contributed by atoms with E-state index in [0.717, 1.165) is 4.47 Å². The number of likely N-dealkylation sites (tertiary alicyclic amines) is 1. The molecule has 2 unspecified atom stereocenters. The minimum atomic E-state index is -0.891. The molecule has 7 heteroatoms. The van der Waals surface area contributed by atoms with E-state index in [2.05, 4.69) is 21.2 Å². The first-order valence-electron chi connectivity index (χ1n) is 6.44. The molecular weight excluding hydrogens is 338 g/mol. The second-order valence-corrected chi connectivity index (χ2v) is 5.81. The number of benzene rings is 1. The van der Waals surface area contributed by atoms with Gasteiger partial charge in [-0.15, -0.1) is 0 Å². The summed E-state index contributed by atoms with van der Waals surface area (Å²) in [5.41, 5.74) is 0.760. The summed E-state index contributed by atoms with van der Waals surface area (Å²) in [6, 6.07) is 6.21. The molecular formula is C14H14BrN3O3. The van der Waals surface area contributed by atoms with Crippen LogP contribution in [0.2, 0.25) is 0 Å². The Morgan fingerprint density at radius 2 is 2.24 bits per heavy atom. The Bertz CT molecular complexity index is 626. The van der Waals surface area contributed by atoms with Gasteiger partial charge < -0.3 is 15.3 Å². The van der Waals surface area contributed by atoms with Crippen LogP contribution in [-0.4, -0.2) is 34.6 Å². The van der Waals surface area contributed by atoms with E-state index >= 15 is 0 Å². The van der Waals surface area contributed by atoms with Crippen molar-refractivity contribution in [3.05, 3.63) is 28.2 Å². The number of carboxylic acid groups (broad SMARTS) is 1. The monoisotopic (exact) mass is 351 g/mol. The maximum atomic E-state index is 12.3. The molecule has 0 aliphatic carbocycles. The average Bonchev–Trinajstić information content (AvgIpc) is 2.81. The second-order valence-electron chi connectivity index (χ2n) is 4.90. The van der Waals surface area contributed by atoms with Gasteiger partial charge in [0.05, 0.1) is 17.2 Å². The number of carbonyl (C=O) groups excluding carboxylic acids is 1. The molecule has 6 nitrogen and oxygen atoms in total. The van der Waals surface area contributed by atoms with Gasteiger partial charge in [0.1, 0.15) is 6.07 Å². The zero-order valence-corrected chi connectivity index (χ0v) is 12.9. The van der Waals surface area contributed by atoms with E-state index in [0.29, 0.717) is 24.2 Å². The standard InChI is InChI=1S/C14H14BrN3O3/c1-8-11(13(19)20)4-5-18(8)14(21)17-12-6-10(15)3-2-9(12)7-16/h2-3,6,8,11H,4-5H2,1H3,(H,17,21)(H,19,20). The van der Waals surface area contributed by atoms with Crippen molar-refractivity contribution in [2.75, 3.05) is 11.9 Å². The predicted molar refractivity (Wildman–Crippen MR) is 79.8 cm³/mol. The maximum absolute atomic E-state index is 12.3. The quantitative estimate of drug-likeness (QED) is 0.856. The van der Waals surface area contributed by atoms with Crippen LogP contribution in [0.5, 0.6) is 0 Å². The maximum Gasteiger partial charge on any atom is 0.322 e. The van der Waals surface area contributed by atoms with Crippen molar-refractivity contribution in [1.82, 2.24) is 4.90 Å². The number of aliphatic carboxylic acids is 1. The molecule has 2 amide bonds. The van der Waals surface area contributed by atoms with Gasteiger partial charge in [0.25, 0.3) is 0 Å². The van der Waals surface area contributed by atoms with Crippen LogP contribution in [-0.2, 0) is 4.79 Å². The molecule has 21 heavy (non-hydrogen) atoms. The summed E-state index contributed by atoms with van der Waals surface area (Å²) in [6.45, 7) is 2.11. The van der Waals surface area contributed by atoms with E-state index in [1.165, 1.54) is 4.90 Å². The minimum Gasteiger partial charge on any atom is -0.481 e. The zero-order valence-electron chi connectivity index (χ0n) is 11.3. The third-order valence-corrected chi connectivity index (χ3v) is 4.17. The van der Waals surface area contributed by atoms with Crippen LogP contribution in [0.1, 0.15) is 18.9 Å². The molecule has 0 bridgehead atoms. The molecule has 1 aromatic rings. The number of nitriles is 1. The molecule has 1 aliphatic heterocycles. The Kier molecular flexibility index (Phi) is 4.48. The normalized spacial score (nSPS) is 20.9. The van der Waals surface area contributed by atoms with E-state index in [4.69, 9.17) is 10.4 Å². The first-order chi connectivity index (χ1) is 9.93. The van der Waals surface area contributed by atoms with Gasteiger partial charge in [-0.3, -0.25) is 4.79 Å². The van der Waals surface area contributed by atoms with Crippen LogP contribution in [0.3, 0.4) is 0 Å². The number of nitrogens with zero attached hydrogens (tertiary/aromatic N) is 2. The van der Waals surface area contributed by atoms with Crippen LogP contribution in [0.15, 0.2) is 22.7 Å². The molecule has 1 fully saturated rings. The highest BCUT2D eigenvalue weighted by molar-refractivity contribution is 9.10. The fourth-order valence-electron chi connectivity index (χ4n) is 2.46. The molecule has 110 valence electrons. The van der Waals surface area contributed by atoms with Crippen molar-refractivity contribution in [2.45, 2.75) is 19.4 Å². The van der Waals surface area contributed by atoms with Crippen molar-refractivity contribution in [2.24, 2.45) is 5.92 Å². The third-order valence-electron chi connectivity index (χ3n) is 3.68. The Morgan fingerprint density at radius 1 is 1.52 bits per heavy atom. The van der Waals surface area contributed by atoms with Gasteiger partial charge in [-0.05, 0) is 31.5 Å². The molecule has 1 aliphatic rings. The zero-order chi connectivity index (χ0) is 15.6. The number of urea groups is 1. The molecule has 0 aromatic heterocycles. The van der Waals surface area contributed by atoms with Gasteiger partial charge in [0.2, 0.25) is 0 Å². The van der Waals surface area contributed by atoms with Gasteiger partial charge in [-0.1, -0.05) is 15.9 Å². The highest BCUT2D eigenvalue weighted by atomic mass is 79.9. The minimum absolute atomic E-state index is 0.355. The largest absolute Gasteiger partial charge is 0.481 e. The lowest BCUT2D eigenvalue weighted by Crippen LogP contribution is -2.40. The molecule has 2 atom stereocenters. The summed E-state index contributed by atoms with van der Waals surface area (Å²) in [6.07, 6.45) is 0.438. The van der Waals surface area contributed by atoms with Crippen LogP contribution < -0.4 is 5.32 Å². The van der Waals surface area contributed by atoms with E-state index in [-0.39, 0.29) is 12.1 Å². The van der Waals surface area contributed by atoms with Crippen LogP contribution in [0, 0.1) is 17.2 Å². The van der Waals surface area contributed by atoms with Gasteiger partial charge in [-0.2, -0.15) is 5.26 Å². The number of hydrogen-bond donors (Lipinski definition) is 2. The predicted octanol–water partition coefficient (Wildman–Crippen LogP) is 2.65. The van der Waals surface area contributed by atoms with Crippen LogP contribution >= 0.6 is 15.9 Å². The molecule has 1 heterocycles. The Hall–Kier alpha value is -2.07. The summed E-state index contributed by atoms with van der Waals surface area (Å²) in [4.78, 5) is 24.8. The summed E-state index contributed by atoms with van der Waals surface area (Å²) in [5.74, 6) is -1.44. The average molecular weight is 352 g/mol. The number of halogens is 1. The highest BCUT2D eigenvalue weighted by Crippen LogP contribution is 2.26. The lowest BCUT2D eigenvalue weighted by atomic mass is 10.0. The second kappa shape index (κ2) is 6.14. The number of hydrogen-bond acceptors (Lipinski definition) is 3. The molecule has 0 spiro atoms. The topological polar surface area (TPSA) is 93.4 Å². The van der Waals surface area contributed by atoms with Crippen molar-refractivity contribution in [1.29, 1.82) is 5.26 Å². The molecule has 1 saturated heterocycles. The fraction of sp³-hybridized carbons (Fsp3) is 0.357. The molecule has 2 rings (SSSR count). The van der Waals surface area contributed by atoms with Gasteiger partial charge in [0, 0.05) is 17.1 Å². The van der Waals surface area contributed by atoms with E-state index < -0.39 is 11.9 Å². The Labute approximate surface area is 130 Å². The SMILES string of the molecule is CC1C(C(=O)O)CCN1C(=O)Nc1cc(Br)ccc1C#N. The summed E-state index contributed by atoms with van der Waals surface area (Å²) in [7, 11) is 0. The molecule has 1 aromatic carbocycles. The molecule has 2 N–H and O–H groups in total. The lowest BCUT2D eigenvalue weighted by molar-refractivity contribution is -0.142. The summed E-state index contributed by atoms with van der Waals surface area (Å²) < 4.78 is 0.745. The van der Waals surface area contributed by atoms with Gasteiger partial charge in [-0.25, -0.2) is 4.79 Å². The number of nitrogens with one attached hydrogen (secondary N) is 1. The van der Waals surface area contributed by atoms with E-state index in [1.54, 1.807) is 25.1 Å². The third kappa shape index (κ3) is 3.16. The van der Waals surface area contributed by atoms with Crippen LogP contribution in [0.4, 0.5) is 10.5 Å². The van der Waals surface area contributed by atoms with E-state index in [9.17, 15) is 9.59 Å². The van der Waals surface area contributed by atoms with Crippen molar-refractivity contribution in [3.63, 3.8) is 0 Å². The lowest BCUT2D eigenvalue weighted by Gasteiger charge is -2.23. The molecule has 0 saturated carbocycles. The molecule has 0 radical (unpaired) electrons. The van der Waals surface area contributed by atoms with Crippen molar-refractivity contribution in [3.8, 4) is 6.07 Å². The summed E-state index contributed by atoms with van der Waals surface area (Å²) in [5, 5.41) is 20.8. The Morgan fingerprint density at radius 3 is 2.81 bits per heavy atom. The van der Waals surface area contributed by atoms with Gasteiger partial charge >= 0.3 is 12.0 Å². The van der Waals surface area contributed by atoms with Crippen molar-refractivity contribution < 1.29 is 14.7 Å². The number of carboxylic acids is 1. The Balaban J connectivity index is 2.15. The number of carbonyl (C=O) groups is 2. The fourth-order valence-corrected chi connectivity index (χ4v) is 2.82. The number of rotatable bonds is 2. The summed E-state index contributed by atoms with van der Waals surface area (Å²) >= 11 is 3.29. The first-order valence-corrected chi connectivity index (χ1v) is 7.23.